The fraction of sp³-hybridized carbons (Fsp3) is 0.250. The molecule has 0 atom stereocenters. The van der Waals surface area contributed by atoms with Crippen LogP contribution in [0.25, 0.3) is 10.9 Å². The summed E-state index contributed by atoms with van der Waals surface area (Å²) in [5, 5.41) is 1.00. The molecule has 0 radical (unpaired) electrons. The summed E-state index contributed by atoms with van der Waals surface area (Å²) in [6.07, 6.45) is 0. The van der Waals surface area contributed by atoms with Crippen molar-refractivity contribution in [3.8, 4) is 0 Å². The van der Waals surface area contributed by atoms with Crippen molar-refractivity contribution < 1.29 is 0 Å². The van der Waals surface area contributed by atoms with Crippen LogP contribution in [0.4, 0.5) is 5.69 Å². The fourth-order valence-corrected chi connectivity index (χ4v) is 1.82. The standard InChI is InChI=1S/C12H14N2O/c1-8(2)14-11-6-4-3-5-9(11)7-10(13)12(14)15/h3-8H,13H2,1-2H3. The van der Waals surface area contributed by atoms with Crippen molar-refractivity contribution in [2.75, 3.05) is 5.73 Å². The van der Waals surface area contributed by atoms with Crippen LogP contribution in [-0.2, 0) is 0 Å². The molecule has 0 unspecified atom stereocenters. The first-order valence-electron chi connectivity index (χ1n) is 5.01. The van der Waals surface area contributed by atoms with Gasteiger partial charge in [0.25, 0.3) is 5.56 Å². The molecule has 0 saturated heterocycles. The molecule has 0 amide bonds. The summed E-state index contributed by atoms with van der Waals surface area (Å²) in [5.74, 6) is 0. The number of hydrogen-bond donors (Lipinski definition) is 1. The Bertz CT molecular complexity index is 555. The van der Waals surface area contributed by atoms with Crippen molar-refractivity contribution in [2.45, 2.75) is 19.9 Å². The van der Waals surface area contributed by atoms with E-state index in [9.17, 15) is 4.79 Å². The van der Waals surface area contributed by atoms with Gasteiger partial charge in [-0.05, 0) is 26.0 Å². The Morgan fingerprint density at radius 2 is 1.93 bits per heavy atom. The average Bonchev–Trinajstić information content (AvgIpc) is 2.19. The number of hydrogen-bond acceptors (Lipinski definition) is 2. The number of rotatable bonds is 1. The molecule has 2 aromatic rings. The minimum absolute atomic E-state index is 0.108. The van der Waals surface area contributed by atoms with E-state index in [4.69, 9.17) is 5.73 Å². The Labute approximate surface area is 88.1 Å². The molecule has 0 aliphatic heterocycles. The summed E-state index contributed by atoms with van der Waals surface area (Å²) in [5.41, 5.74) is 6.83. The lowest BCUT2D eigenvalue weighted by Gasteiger charge is -2.14. The third kappa shape index (κ3) is 1.50. The molecule has 0 aliphatic carbocycles. The Kier molecular flexibility index (Phi) is 2.23. The van der Waals surface area contributed by atoms with Gasteiger partial charge in [0.1, 0.15) is 0 Å². The molecule has 1 heterocycles. The van der Waals surface area contributed by atoms with E-state index in [0.29, 0.717) is 5.69 Å². The zero-order chi connectivity index (χ0) is 11.0. The molecule has 2 rings (SSSR count). The van der Waals surface area contributed by atoms with E-state index in [2.05, 4.69) is 0 Å². The topological polar surface area (TPSA) is 48.0 Å². The lowest BCUT2D eigenvalue weighted by Crippen LogP contribution is -2.24. The van der Waals surface area contributed by atoms with Gasteiger partial charge >= 0.3 is 0 Å². The molecule has 0 saturated carbocycles. The molecule has 0 bridgehead atoms. The van der Waals surface area contributed by atoms with E-state index in [1.165, 1.54) is 0 Å². The quantitative estimate of drug-likeness (QED) is 0.770. The molecule has 2 N–H and O–H groups in total. The summed E-state index contributed by atoms with van der Waals surface area (Å²) in [6, 6.07) is 9.62. The summed E-state index contributed by atoms with van der Waals surface area (Å²) in [7, 11) is 0. The Morgan fingerprint density at radius 3 is 2.60 bits per heavy atom. The molecule has 15 heavy (non-hydrogen) atoms. The molecule has 0 spiro atoms. The minimum Gasteiger partial charge on any atom is -0.394 e. The van der Waals surface area contributed by atoms with E-state index in [-0.39, 0.29) is 11.6 Å². The van der Waals surface area contributed by atoms with Crippen LogP contribution in [0.2, 0.25) is 0 Å². The summed E-state index contributed by atoms with van der Waals surface area (Å²) in [6.45, 7) is 3.96. The first-order valence-corrected chi connectivity index (χ1v) is 5.01. The van der Waals surface area contributed by atoms with Gasteiger partial charge in [0.2, 0.25) is 0 Å². The summed E-state index contributed by atoms with van der Waals surface area (Å²) in [4.78, 5) is 11.9. The van der Waals surface area contributed by atoms with Crippen molar-refractivity contribution in [1.29, 1.82) is 0 Å². The third-order valence-electron chi connectivity index (χ3n) is 2.49. The van der Waals surface area contributed by atoms with Gasteiger partial charge in [-0.2, -0.15) is 0 Å². The van der Waals surface area contributed by atoms with Crippen molar-refractivity contribution >= 4 is 16.6 Å². The SMILES string of the molecule is CC(C)n1c(=O)c(N)cc2ccccc21. The van der Waals surface area contributed by atoms with Crippen molar-refractivity contribution in [3.63, 3.8) is 0 Å². The summed E-state index contributed by atoms with van der Waals surface area (Å²) >= 11 is 0. The number of benzene rings is 1. The lowest BCUT2D eigenvalue weighted by molar-refractivity contribution is 0.602. The summed E-state index contributed by atoms with van der Waals surface area (Å²) < 4.78 is 1.73. The maximum absolute atomic E-state index is 11.9. The normalized spacial score (nSPS) is 11.1. The molecular formula is C12H14N2O. The first kappa shape index (κ1) is 9.77. The number of aromatic nitrogens is 1. The van der Waals surface area contributed by atoms with Gasteiger partial charge in [0.05, 0.1) is 11.2 Å². The third-order valence-corrected chi connectivity index (χ3v) is 2.49. The highest BCUT2D eigenvalue weighted by Crippen LogP contribution is 2.17. The van der Waals surface area contributed by atoms with Gasteiger partial charge in [-0.15, -0.1) is 0 Å². The molecule has 1 aromatic carbocycles. The first-order chi connectivity index (χ1) is 7.11. The number of pyridine rings is 1. The van der Waals surface area contributed by atoms with Crippen LogP contribution in [0.15, 0.2) is 35.1 Å². The zero-order valence-electron chi connectivity index (χ0n) is 8.90. The zero-order valence-corrected chi connectivity index (χ0v) is 8.90. The maximum atomic E-state index is 11.9. The van der Waals surface area contributed by atoms with Gasteiger partial charge in [-0.25, -0.2) is 0 Å². The van der Waals surface area contributed by atoms with Crippen LogP contribution in [0.5, 0.6) is 0 Å². The van der Waals surface area contributed by atoms with Crippen LogP contribution in [-0.4, -0.2) is 4.57 Å². The van der Waals surface area contributed by atoms with E-state index in [1.54, 1.807) is 10.6 Å². The van der Waals surface area contributed by atoms with Crippen LogP contribution in [0, 0.1) is 0 Å². The van der Waals surface area contributed by atoms with Crippen molar-refractivity contribution in [3.05, 3.63) is 40.7 Å². The van der Waals surface area contributed by atoms with E-state index in [0.717, 1.165) is 10.9 Å². The highest BCUT2D eigenvalue weighted by Gasteiger charge is 2.08. The van der Waals surface area contributed by atoms with Crippen LogP contribution >= 0.6 is 0 Å². The van der Waals surface area contributed by atoms with Crippen molar-refractivity contribution in [1.82, 2.24) is 4.57 Å². The monoisotopic (exact) mass is 202 g/mol. The Morgan fingerprint density at radius 1 is 1.27 bits per heavy atom. The highest BCUT2D eigenvalue weighted by molar-refractivity contribution is 5.81. The Hall–Kier alpha value is -1.77. The van der Waals surface area contributed by atoms with Crippen LogP contribution in [0.1, 0.15) is 19.9 Å². The minimum atomic E-state index is -0.108. The molecular weight excluding hydrogens is 188 g/mol. The lowest BCUT2D eigenvalue weighted by atomic mass is 10.2. The van der Waals surface area contributed by atoms with E-state index in [1.807, 2.05) is 38.1 Å². The number of nitrogens with zero attached hydrogens (tertiary/aromatic N) is 1. The number of para-hydroxylation sites is 1. The van der Waals surface area contributed by atoms with Crippen LogP contribution in [0.3, 0.4) is 0 Å². The van der Waals surface area contributed by atoms with Gasteiger partial charge in [0, 0.05) is 11.4 Å². The van der Waals surface area contributed by atoms with Crippen LogP contribution < -0.4 is 11.3 Å². The van der Waals surface area contributed by atoms with E-state index < -0.39 is 0 Å². The second kappa shape index (κ2) is 3.42. The molecule has 0 aliphatic rings. The second-order valence-corrected chi connectivity index (χ2v) is 3.93. The number of nitrogens with two attached hydrogens (primary N) is 1. The smallest absolute Gasteiger partial charge is 0.274 e. The predicted molar refractivity (Wildman–Crippen MR) is 63.0 cm³/mol. The number of fused-ring (bicyclic) bond motifs is 1. The maximum Gasteiger partial charge on any atom is 0.274 e. The van der Waals surface area contributed by atoms with Crippen molar-refractivity contribution in [2.24, 2.45) is 0 Å². The fourth-order valence-electron chi connectivity index (χ4n) is 1.82. The second-order valence-electron chi connectivity index (χ2n) is 3.93. The van der Waals surface area contributed by atoms with Gasteiger partial charge in [-0.1, -0.05) is 18.2 Å². The largest absolute Gasteiger partial charge is 0.394 e. The number of nitrogen functional groups attached to an aromatic ring is 1. The molecule has 3 heteroatoms. The van der Waals surface area contributed by atoms with E-state index >= 15 is 0 Å². The molecule has 78 valence electrons. The van der Waals surface area contributed by atoms with Gasteiger partial charge < -0.3 is 10.3 Å². The molecule has 3 nitrogen and oxygen atoms in total. The molecule has 0 fully saturated rings. The predicted octanol–water partition coefficient (Wildman–Crippen LogP) is 2.16. The Balaban J connectivity index is 2.96. The van der Waals surface area contributed by atoms with Gasteiger partial charge in [0.15, 0.2) is 0 Å². The van der Waals surface area contributed by atoms with Gasteiger partial charge in [-0.3, -0.25) is 4.79 Å². The molecule has 1 aromatic heterocycles. The number of anilines is 1. The average molecular weight is 202 g/mol. The highest BCUT2D eigenvalue weighted by atomic mass is 16.1.